The number of β-lactam (4-membered cyclic amide) rings is 1. The van der Waals surface area contributed by atoms with Gasteiger partial charge in [0.2, 0.25) is 0 Å². The second-order valence-corrected chi connectivity index (χ2v) is 11.8. The van der Waals surface area contributed by atoms with Crippen LogP contribution in [0.25, 0.3) is 0 Å². The molecule has 0 spiro atoms. The van der Waals surface area contributed by atoms with Gasteiger partial charge in [-0.3, -0.25) is 24.6 Å². The highest BCUT2D eigenvalue weighted by atomic mass is 28.4. The molecule has 1 saturated heterocycles. The SMILES string of the molecule is CC[Si](CC)(CC)O[C@H]1C(=O)N(C(=O)c2ccco2)[C@H]1c1ccc([N+](=O)[O-])cc1. The first-order valence-corrected chi connectivity index (χ1v) is 12.2. The maximum Gasteiger partial charge on any atom is 0.296 e. The van der Waals surface area contributed by atoms with E-state index in [2.05, 4.69) is 20.8 Å². The quantitative estimate of drug-likeness (QED) is 0.209. The Morgan fingerprint density at radius 2 is 1.79 bits per heavy atom. The fourth-order valence-corrected chi connectivity index (χ4v) is 6.48. The van der Waals surface area contributed by atoms with Gasteiger partial charge in [0.15, 0.2) is 20.2 Å². The first-order chi connectivity index (χ1) is 13.9. The molecule has 29 heavy (non-hydrogen) atoms. The summed E-state index contributed by atoms with van der Waals surface area (Å²) < 4.78 is 11.6. The molecule has 0 radical (unpaired) electrons. The molecule has 1 aliphatic heterocycles. The Morgan fingerprint density at radius 1 is 1.17 bits per heavy atom. The second-order valence-electron chi connectivity index (χ2n) is 7.07. The molecular formula is C20H24N2O6Si. The van der Waals surface area contributed by atoms with Crippen molar-refractivity contribution in [2.45, 2.75) is 51.0 Å². The number of amides is 2. The second kappa shape index (κ2) is 8.30. The molecule has 0 N–H and O–H groups in total. The third-order valence-electron chi connectivity index (χ3n) is 5.75. The van der Waals surface area contributed by atoms with Gasteiger partial charge in [-0.2, -0.15) is 0 Å². The fraction of sp³-hybridized carbons (Fsp3) is 0.400. The van der Waals surface area contributed by atoms with E-state index >= 15 is 0 Å². The topological polar surface area (TPSA) is 103 Å². The van der Waals surface area contributed by atoms with Gasteiger partial charge in [-0.1, -0.05) is 32.9 Å². The Balaban J connectivity index is 1.96. The summed E-state index contributed by atoms with van der Waals surface area (Å²) in [6.07, 6.45) is 0.595. The van der Waals surface area contributed by atoms with Gasteiger partial charge in [-0.15, -0.1) is 0 Å². The summed E-state index contributed by atoms with van der Waals surface area (Å²) in [5.74, 6) is -0.879. The molecule has 0 unspecified atom stereocenters. The van der Waals surface area contributed by atoms with Crippen LogP contribution < -0.4 is 0 Å². The van der Waals surface area contributed by atoms with E-state index < -0.39 is 37.2 Å². The monoisotopic (exact) mass is 416 g/mol. The summed E-state index contributed by atoms with van der Waals surface area (Å²) in [5, 5.41) is 11.0. The molecule has 0 saturated carbocycles. The number of hydrogen-bond donors (Lipinski definition) is 0. The maximum atomic E-state index is 12.9. The largest absolute Gasteiger partial charge is 0.459 e. The normalized spacial score (nSPS) is 19.1. The van der Waals surface area contributed by atoms with E-state index in [1.165, 1.54) is 24.5 Å². The Kier molecular flexibility index (Phi) is 5.99. The van der Waals surface area contributed by atoms with Gasteiger partial charge in [0.25, 0.3) is 17.5 Å². The summed E-state index contributed by atoms with van der Waals surface area (Å²) in [5.41, 5.74) is 0.562. The van der Waals surface area contributed by atoms with Gasteiger partial charge in [0, 0.05) is 12.1 Å². The highest BCUT2D eigenvalue weighted by molar-refractivity contribution is 6.73. The lowest BCUT2D eigenvalue weighted by atomic mass is 9.90. The Bertz CT molecular complexity index is 884. The molecule has 9 heteroatoms. The number of carbonyl (C=O) groups excluding carboxylic acids is 2. The van der Waals surface area contributed by atoms with E-state index in [-0.39, 0.29) is 11.4 Å². The first kappa shape index (κ1) is 20.9. The molecule has 154 valence electrons. The number of carbonyl (C=O) groups is 2. The molecule has 1 aromatic carbocycles. The lowest BCUT2D eigenvalue weighted by Crippen LogP contribution is -2.64. The molecule has 2 aromatic rings. The van der Waals surface area contributed by atoms with Crippen LogP contribution in [0.5, 0.6) is 0 Å². The van der Waals surface area contributed by atoms with Gasteiger partial charge >= 0.3 is 0 Å². The summed E-state index contributed by atoms with van der Waals surface area (Å²) >= 11 is 0. The van der Waals surface area contributed by atoms with Crippen LogP contribution in [-0.4, -0.2) is 36.1 Å². The van der Waals surface area contributed by atoms with Crippen molar-refractivity contribution < 1.29 is 23.4 Å². The van der Waals surface area contributed by atoms with Crippen LogP contribution in [0.3, 0.4) is 0 Å². The molecule has 2 atom stereocenters. The van der Waals surface area contributed by atoms with E-state index in [0.717, 1.165) is 23.0 Å². The van der Waals surface area contributed by atoms with Crippen LogP contribution >= 0.6 is 0 Å². The molecule has 1 aromatic heterocycles. The van der Waals surface area contributed by atoms with Gasteiger partial charge in [-0.25, -0.2) is 0 Å². The lowest BCUT2D eigenvalue weighted by Gasteiger charge is -2.48. The number of likely N-dealkylation sites (tertiary alicyclic amines) is 1. The van der Waals surface area contributed by atoms with Crippen molar-refractivity contribution in [2.75, 3.05) is 0 Å². The van der Waals surface area contributed by atoms with Crippen molar-refractivity contribution >= 4 is 25.8 Å². The number of rotatable bonds is 8. The Labute approximate surface area is 169 Å². The number of hydrogen-bond acceptors (Lipinski definition) is 6. The zero-order valence-electron chi connectivity index (χ0n) is 16.7. The zero-order chi connectivity index (χ0) is 21.2. The molecule has 1 aliphatic rings. The highest BCUT2D eigenvalue weighted by Crippen LogP contribution is 2.41. The minimum Gasteiger partial charge on any atom is -0.459 e. The first-order valence-electron chi connectivity index (χ1n) is 9.70. The average molecular weight is 417 g/mol. The summed E-state index contributed by atoms with van der Waals surface area (Å²) in [6.45, 7) is 6.19. The lowest BCUT2D eigenvalue weighted by molar-refractivity contribution is -0.384. The molecule has 0 bridgehead atoms. The van der Waals surface area contributed by atoms with E-state index in [1.807, 2.05) is 0 Å². The molecular weight excluding hydrogens is 392 g/mol. The third kappa shape index (κ3) is 3.75. The Morgan fingerprint density at radius 3 is 2.28 bits per heavy atom. The smallest absolute Gasteiger partial charge is 0.296 e. The van der Waals surface area contributed by atoms with E-state index in [0.29, 0.717) is 5.56 Å². The molecule has 1 fully saturated rings. The van der Waals surface area contributed by atoms with Gasteiger partial charge < -0.3 is 8.84 Å². The minimum atomic E-state index is -2.12. The predicted molar refractivity (Wildman–Crippen MR) is 108 cm³/mol. The Hall–Kier alpha value is -2.78. The summed E-state index contributed by atoms with van der Waals surface area (Å²) in [6, 6.07) is 10.9. The van der Waals surface area contributed by atoms with Crippen LogP contribution in [-0.2, 0) is 9.22 Å². The van der Waals surface area contributed by atoms with Crippen molar-refractivity contribution in [1.82, 2.24) is 4.90 Å². The van der Waals surface area contributed by atoms with Crippen molar-refractivity contribution in [1.29, 1.82) is 0 Å². The number of nitrogens with zero attached hydrogens (tertiary/aromatic N) is 2. The van der Waals surface area contributed by atoms with E-state index in [9.17, 15) is 19.7 Å². The fourth-order valence-electron chi connectivity index (χ4n) is 3.71. The van der Waals surface area contributed by atoms with E-state index in [4.69, 9.17) is 8.84 Å². The van der Waals surface area contributed by atoms with Crippen LogP contribution in [0.4, 0.5) is 5.69 Å². The summed E-state index contributed by atoms with van der Waals surface area (Å²) in [7, 11) is -2.12. The van der Waals surface area contributed by atoms with Gasteiger partial charge in [0.05, 0.1) is 17.2 Å². The zero-order valence-corrected chi connectivity index (χ0v) is 17.7. The number of furan rings is 1. The number of imide groups is 1. The van der Waals surface area contributed by atoms with Crippen molar-refractivity contribution in [2.24, 2.45) is 0 Å². The minimum absolute atomic E-state index is 0.0554. The number of nitro benzene ring substituents is 1. The number of nitro groups is 1. The molecule has 3 rings (SSSR count). The third-order valence-corrected chi connectivity index (χ3v) is 10.4. The number of non-ortho nitro benzene ring substituents is 1. The van der Waals surface area contributed by atoms with Crippen LogP contribution in [0.1, 0.15) is 42.9 Å². The highest BCUT2D eigenvalue weighted by Gasteiger charge is 2.55. The maximum absolute atomic E-state index is 12.9. The average Bonchev–Trinajstić information content (AvgIpc) is 3.28. The molecule has 8 nitrogen and oxygen atoms in total. The standard InChI is InChI=1S/C20H24N2O6Si/c1-4-29(5-2,6-3)28-18-17(14-9-11-15(12-10-14)22(25)26)21(20(18)24)19(23)16-8-7-13-27-16/h7-13,17-18H,4-6H2,1-3H3/t17-,18+/m0/s1. The summed E-state index contributed by atoms with van der Waals surface area (Å²) in [4.78, 5) is 37.4. The van der Waals surface area contributed by atoms with Crippen LogP contribution in [0.15, 0.2) is 47.1 Å². The van der Waals surface area contributed by atoms with Crippen molar-refractivity contribution in [3.05, 3.63) is 64.1 Å². The molecule has 0 aliphatic carbocycles. The van der Waals surface area contributed by atoms with Crippen molar-refractivity contribution in [3.8, 4) is 0 Å². The van der Waals surface area contributed by atoms with Gasteiger partial charge in [-0.05, 0) is 35.8 Å². The van der Waals surface area contributed by atoms with Crippen LogP contribution in [0.2, 0.25) is 18.1 Å². The number of benzene rings is 1. The molecule has 2 amide bonds. The predicted octanol–water partition coefficient (Wildman–Crippen LogP) is 4.30. The van der Waals surface area contributed by atoms with Gasteiger partial charge in [0.1, 0.15) is 0 Å². The van der Waals surface area contributed by atoms with Crippen molar-refractivity contribution in [3.63, 3.8) is 0 Å². The molecule has 2 heterocycles. The van der Waals surface area contributed by atoms with Crippen LogP contribution in [0, 0.1) is 10.1 Å². The van der Waals surface area contributed by atoms with E-state index in [1.54, 1.807) is 18.2 Å².